The number of hydrogen-bond acceptors (Lipinski definition) is 6. The van der Waals surface area contributed by atoms with Crippen LogP contribution in [-0.2, 0) is 0 Å². The predicted molar refractivity (Wildman–Crippen MR) is 78.8 cm³/mol. The molecule has 2 N–H and O–H groups in total. The van der Waals surface area contributed by atoms with E-state index in [-0.39, 0.29) is 12.1 Å². The van der Waals surface area contributed by atoms with Crippen LogP contribution in [0.2, 0.25) is 0 Å². The van der Waals surface area contributed by atoms with Gasteiger partial charge in [0.1, 0.15) is 5.82 Å². The largest absolute Gasteiger partial charge is 0.394 e. The van der Waals surface area contributed by atoms with Crippen molar-refractivity contribution >= 4 is 16.7 Å². The van der Waals surface area contributed by atoms with Gasteiger partial charge in [-0.25, -0.2) is 4.98 Å². The molecule has 0 aromatic carbocycles. The van der Waals surface area contributed by atoms with E-state index in [2.05, 4.69) is 33.4 Å². The first kappa shape index (κ1) is 14.7. The lowest BCUT2D eigenvalue weighted by atomic mass is 9.88. The predicted octanol–water partition coefficient (Wildman–Crippen LogP) is 1.42. The fourth-order valence-corrected chi connectivity index (χ4v) is 3.08. The van der Waals surface area contributed by atoms with Crippen LogP contribution in [0, 0.1) is 12.8 Å². The second-order valence-electron chi connectivity index (χ2n) is 5.82. The van der Waals surface area contributed by atoms with Gasteiger partial charge >= 0.3 is 0 Å². The Bertz CT molecular complexity index is 399. The van der Waals surface area contributed by atoms with Crippen LogP contribution >= 0.6 is 11.5 Å². The molecule has 0 atom stereocenters. The van der Waals surface area contributed by atoms with E-state index in [0.29, 0.717) is 5.92 Å². The maximum atomic E-state index is 9.71. The number of aromatic nitrogens is 2. The smallest absolute Gasteiger partial charge is 0.205 e. The van der Waals surface area contributed by atoms with Crippen LogP contribution in [-0.4, -0.2) is 46.2 Å². The number of piperidine rings is 1. The number of hydrogen-bond donors (Lipinski definition) is 2. The van der Waals surface area contributed by atoms with Crippen molar-refractivity contribution in [1.82, 2.24) is 14.7 Å². The second kappa shape index (κ2) is 6.15. The number of nitrogens with zero attached hydrogens (tertiary/aromatic N) is 3. The summed E-state index contributed by atoms with van der Waals surface area (Å²) >= 11 is 1.46. The molecule has 5 nitrogen and oxygen atoms in total. The van der Waals surface area contributed by atoms with Crippen molar-refractivity contribution in [2.75, 3.05) is 31.1 Å². The van der Waals surface area contributed by atoms with Gasteiger partial charge in [0.05, 0.1) is 6.61 Å². The van der Waals surface area contributed by atoms with Gasteiger partial charge in [-0.05, 0) is 32.2 Å². The number of nitrogens with one attached hydrogen (secondary N) is 1. The van der Waals surface area contributed by atoms with E-state index in [4.69, 9.17) is 0 Å². The van der Waals surface area contributed by atoms with Crippen molar-refractivity contribution in [3.8, 4) is 0 Å². The van der Waals surface area contributed by atoms with E-state index >= 15 is 0 Å². The number of aliphatic hydroxyl groups is 1. The first-order valence-corrected chi connectivity index (χ1v) is 7.73. The zero-order valence-corrected chi connectivity index (χ0v) is 12.8. The Labute approximate surface area is 119 Å². The van der Waals surface area contributed by atoms with Crippen molar-refractivity contribution in [1.29, 1.82) is 0 Å². The van der Waals surface area contributed by atoms with E-state index in [1.54, 1.807) is 0 Å². The first-order chi connectivity index (χ1) is 9.04. The van der Waals surface area contributed by atoms with Gasteiger partial charge in [-0.3, -0.25) is 0 Å². The van der Waals surface area contributed by atoms with Crippen molar-refractivity contribution in [2.45, 2.75) is 39.2 Å². The van der Waals surface area contributed by atoms with Gasteiger partial charge in [0.25, 0.3) is 0 Å². The van der Waals surface area contributed by atoms with E-state index in [1.807, 2.05) is 6.92 Å². The summed E-state index contributed by atoms with van der Waals surface area (Å²) in [4.78, 5) is 6.71. The Hall–Kier alpha value is -0.720. The molecule has 1 saturated heterocycles. The minimum atomic E-state index is -0.111. The van der Waals surface area contributed by atoms with Gasteiger partial charge in [-0.1, -0.05) is 13.8 Å². The fourth-order valence-electron chi connectivity index (χ4n) is 2.35. The summed E-state index contributed by atoms with van der Waals surface area (Å²) in [6.07, 6.45) is 1.91. The summed E-state index contributed by atoms with van der Waals surface area (Å²) in [5.74, 6) is 1.45. The summed E-state index contributed by atoms with van der Waals surface area (Å²) in [7, 11) is 0. The Kier molecular flexibility index (Phi) is 4.76. The van der Waals surface area contributed by atoms with Crippen molar-refractivity contribution in [3.63, 3.8) is 0 Å². The molecule has 0 bridgehead atoms. The summed E-state index contributed by atoms with van der Waals surface area (Å²) in [6.45, 7) is 9.34. The van der Waals surface area contributed by atoms with E-state index in [0.717, 1.165) is 43.4 Å². The summed E-state index contributed by atoms with van der Waals surface area (Å²) in [6, 6.07) is 0. The van der Waals surface area contributed by atoms with E-state index in [9.17, 15) is 5.11 Å². The Balaban J connectivity index is 1.92. The number of rotatable bonds is 5. The molecule has 19 heavy (non-hydrogen) atoms. The molecule has 1 aromatic heterocycles. The zero-order valence-electron chi connectivity index (χ0n) is 12.0. The fraction of sp³-hybridized carbons (Fsp3) is 0.846. The topological polar surface area (TPSA) is 61.3 Å². The molecule has 0 radical (unpaired) electrons. The van der Waals surface area contributed by atoms with Gasteiger partial charge in [0, 0.05) is 30.2 Å². The van der Waals surface area contributed by atoms with Crippen LogP contribution in [0.5, 0.6) is 0 Å². The van der Waals surface area contributed by atoms with Crippen LogP contribution in [0.1, 0.15) is 32.5 Å². The van der Waals surface area contributed by atoms with Crippen LogP contribution in [0.15, 0.2) is 0 Å². The second-order valence-corrected chi connectivity index (χ2v) is 6.55. The summed E-state index contributed by atoms with van der Waals surface area (Å²) < 4.78 is 4.23. The zero-order chi connectivity index (χ0) is 13.9. The van der Waals surface area contributed by atoms with E-state index < -0.39 is 0 Å². The highest BCUT2D eigenvalue weighted by Crippen LogP contribution is 2.27. The molecule has 6 heteroatoms. The maximum Gasteiger partial charge on any atom is 0.205 e. The Morgan fingerprint density at radius 2 is 2.11 bits per heavy atom. The van der Waals surface area contributed by atoms with Gasteiger partial charge in [-0.2, -0.15) is 4.37 Å². The minimum absolute atomic E-state index is 0.111. The highest BCUT2D eigenvalue weighted by Gasteiger charge is 2.34. The van der Waals surface area contributed by atoms with Gasteiger partial charge < -0.3 is 15.3 Å². The minimum Gasteiger partial charge on any atom is -0.394 e. The highest BCUT2D eigenvalue weighted by molar-refractivity contribution is 7.09. The summed E-state index contributed by atoms with van der Waals surface area (Å²) in [5, 5.41) is 14.3. The molecule has 2 heterocycles. The molecule has 1 aromatic rings. The third-order valence-corrected chi connectivity index (χ3v) is 4.56. The van der Waals surface area contributed by atoms with Gasteiger partial charge in [-0.15, -0.1) is 0 Å². The molecule has 2 rings (SSSR count). The quantitative estimate of drug-likeness (QED) is 0.856. The third kappa shape index (κ3) is 3.64. The van der Waals surface area contributed by atoms with Crippen molar-refractivity contribution in [3.05, 3.63) is 5.82 Å². The molecule has 0 unspecified atom stereocenters. The molecule has 0 spiro atoms. The molecule has 0 saturated carbocycles. The lowest BCUT2D eigenvalue weighted by Gasteiger charge is -2.41. The highest BCUT2D eigenvalue weighted by atomic mass is 32.1. The number of aryl methyl sites for hydroxylation is 1. The molecule has 0 amide bonds. The van der Waals surface area contributed by atoms with Crippen LogP contribution in [0.4, 0.5) is 5.13 Å². The van der Waals surface area contributed by atoms with Crippen LogP contribution < -0.4 is 10.2 Å². The molecule has 1 aliphatic rings. The van der Waals surface area contributed by atoms with Gasteiger partial charge in [0.2, 0.25) is 5.13 Å². The monoisotopic (exact) mass is 284 g/mol. The SMILES string of the molecule is Cc1nsc(N2CCC(CO)(NCC(C)C)CC2)n1. The maximum absolute atomic E-state index is 9.71. The number of anilines is 1. The van der Waals surface area contributed by atoms with Crippen molar-refractivity contribution < 1.29 is 5.11 Å². The van der Waals surface area contributed by atoms with Gasteiger partial charge in [0.15, 0.2) is 0 Å². The third-order valence-electron chi connectivity index (χ3n) is 3.70. The molecule has 1 fully saturated rings. The van der Waals surface area contributed by atoms with E-state index in [1.165, 1.54) is 11.5 Å². The average Bonchev–Trinajstić information content (AvgIpc) is 2.84. The van der Waals surface area contributed by atoms with Crippen molar-refractivity contribution in [2.24, 2.45) is 5.92 Å². The normalized spacial score (nSPS) is 19.1. The lowest BCUT2D eigenvalue weighted by molar-refractivity contribution is 0.130. The van der Waals surface area contributed by atoms with Crippen LogP contribution in [0.25, 0.3) is 0 Å². The molecular formula is C13H24N4OS. The molecule has 0 aliphatic carbocycles. The Morgan fingerprint density at radius 3 is 2.58 bits per heavy atom. The first-order valence-electron chi connectivity index (χ1n) is 6.96. The Morgan fingerprint density at radius 1 is 1.42 bits per heavy atom. The lowest BCUT2D eigenvalue weighted by Crippen LogP contribution is -2.56. The van der Waals surface area contributed by atoms with Crippen LogP contribution in [0.3, 0.4) is 0 Å². The molecule has 108 valence electrons. The standard InChI is InChI=1S/C13H24N4OS/c1-10(2)8-14-13(9-18)4-6-17(7-5-13)12-15-11(3)16-19-12/h10,14,18H,4-9H2,1-3H3. The average molecular weight is 284 g/mol. The molecule has 1 aliphatic heterocycles. The number of aliphatic hydroxyl groups excluding tert-OH is 1. The summed E-state index contributed by atoms with van der Waals surface area (Å²) in [5.41, 5.74) is -0.111. The molecular weight excluding hydrogens is 260 g/mol.